The molecule has 1 saturated carbocycles. The van der Waals surface area contributed by atoms with Crippen molar-refractivity contribution in [3.63, 3.8) is 0 Å². The number of aromatic nitrogens is 2. The van der Waals surface area contributed by atoms with Crippen LogP contribution in [0.5, 0.6) is 5.88 Å². The predicted molar refractivity (Wildman–Crippen MR) is 67.9 cm³/mol. The lowest BCUT2D eigenvalue weighted by Gasteiger charge is -2.21. The molecule has 1 fully saturated rings. The van der Waals surface area contributed by atoms with Crippen LogP contribution in [0.2, 0.25) is 0 Å². The summed E-state index contributed by atoms with van der Waals surface area (Å²) in [4.78, 5) is 7.66. The molecule has 1 heterocycles. The van der Waals surface area contributed by atoms with Gasteiger partial charge in [0.15, 0.2) is 5.82 Å². The number of anilines is 2. The molecule has 1 aromatic heterocycles. The molecule has 2 rings (SSSR count). The van der Waals surface area contributed by atoms with Crippen molar-refractivity contribution >= 4 is 17.5 Å². The van der Waals surface area contributed by atoms with Crippen molar-refractivity contribution in [2.45, 2.75) is 32.1 Å². The van der Waals surface area contributed by atoms with E-state index >= 15 is 0 Å². The van der Waals surface area contributed by atoms with E-state index in [4.69, 9.17) is 16.2 Å². The zero-order valence-electron chi connectivity index (χ0n) is 10.3. The fourth-order valence-corrected chi connectivity index (χ4v) is 2.25. The number of nitrogen functional groups attached to an aromatic ring is 2. The second kappa shape index (κ2) is 5.83. The van der Waals surface area contributed by atoms with Gasteiger partial charge in [0.25, 0.3) is 5.88 Å². The van der Waals surface area contributed by atoms with Gasteiger partial charge >= 0.3 is 0 Å². The third-order valence-corrected chi connectivity index (χ3v) is 3.26. The van der Waals surface area contributed by atoms with Crippen molar-refractivity contribution in [1.29, 1.82) is 0 Å². The zero-order valence-corrected chi connectivity index (χ0v) is 10.3. The summed E-state index contributed by atoms with van der Waals surface area (Å²) < 4.78 is 5.59. The molecule has 0 spiro atoms. The Morgan fingerprint density at radius 3 is 2.61 bits per heavy atom. The normalized spacial score (nSPS) is 16.7. The first-order chi connectivity index (χ1) is 8.70. The molecule has 0 aromatic carbocycles. The minimum atomic E-state index is 0.0248. The van der Waals surface area contributed by atoms with Crippen LogP contribution in [0.1, 0.15) is 32.1 Å². The van der Waals surface area contributed by atoms with E-state index in [1.54, 1.807) is 0 Å². The van der Waals surface area contributed by atoms with E-state index in [0.29, 0.717) is 18.0 Å². The molecule has 0 radical (unpaired) electrons. The average molecular weight is 253 g/mol. The number of rotatable bonds is 4. The van der Waals surface area contributed by atoms with Crippen LogP contribution in [0, 0.1) is 11.1 Å². The van der Waals surface area contributed by atoms with E-state index < -0.39 is 0 Å². The van der Waals surface area contributed by atoms with Gasteiger partial charge in [-0.2, -0.15) is 9.97 Å². The lowest BCUT2D eigenvalue weighted by molar-refractivity contribution is -0.497. The van der Waals surface area contributed by atoms with Crippen LogP contribution in [-0.2, 0) is 0 Å². The maximum Gasteiger partial charge on any atom is 0.284 e. The molecule has 0 aliphatic heterocycles. The first-order valence-electron chi connectivity index (χ1n) is 6.21. The largest absolute Gasteiger partial charge is 0.630 e. The Morgan fingerprint density at radius 1 is 1.22 bits per heavy atom. The van der Waals surface area contributed by atoms with Crippen molar-refractivity contribution in [3.8, 4) is 5.88 Å². The van der Waals surface area contributed by atoms with Crippen LogP contribution >= 0.6 is 0 Å². The highest BCUT2D eigenvalue weighted by Crippen LogP contribution is 2.27. The third-order valence-electron chi connectivity index (χ3n) is 3.26. The first kappa shape index (κ1) is 12.8. The molecule has 0 atom stereocenters. The van der Waals surface area contributed by atoms with Crippen LogP contribution in [0.3, 0.4) is 0 Å². The fourth-order valence-electron chi connectivity index (χ4n) is 2.25. The number of quaternary nitrogens is 1. The highest BCUT2D eigenvalue weighted by atomic mass is 16.5. The first-order valence-corrected chi connectivity index (χ1v) is 6.21. The van der Waals surface area contributed by atoms with Crippen molar-refractivity contribution in [2.24, 2.45) is 5.92 Å². The van der Waals surface area contributed by atoms with E-state index in [1.165, 1.54) is 19.3 Å². The number of ether oxygens (including phenoxy) is 1. The van der Waals surface area contributed by atoms with E-state index in [9.17, 15) is 5.21 Å². The lowest BCUT2D eigenvalue weighted by Crippen LogP contribution is -2.70. The van der Waals surface area contributed by atoms with Crippen LogP contribution < -0.4 is 21.7 Å². The van der Waals surface area contributed by atoms with Crippen molar-refractivity contribution in [2.75, 3.05) is 18.1 Å². The molecule has 6 N–H and O–H groups in total. The summed E-state index contributed by atoms with van der Waals surface area (Å²) in [7, 11) is 0. The van der Waals surface area contributed by atoms with Crippen molar-refractivity contribution in [1.82, 2.24) is 9.97 Å². The summed E-state index contributed by atoms with van der Waals surface area (Å²) >= 11 is 0. The molecule has 0 amide bonds. The maximum atomic E-state index is 10.9. The summed E-state index contributed by atoms with van der Waals surface area (Å²) in [5, 5.41) is 10.9. The second-order valence-electron chi connectivity index (χ2n) is 4.62. The Kier molecular flexibility index (Phi) is 4.16. The van der Waals surface area contributed by atoms with E-state index in [2.05, 4.69) is 9.97 Å². The molecular weight excluding hydrogens is 234 g/mol. The third kappa shape index (κ3) is 2.99. The Morgan fingerprint density at radius 2 is 1.94 bits per heavy atom. The van der Waals surface area contributed by atoms with Gasteiger partial charge in [0.1, 0.15) is 0 Å². The smallest absolute Gasteiger partial charge is 0.284 e. The van der Waals surface area contributed by atoms with Crippen molar-refractivity contribution in [3.05, 3.63) is 5.21 Å². The molecule has 7 heteroatoms. The van der Waals surface area contributed by atoms with E-state index in [-0.39, 0.29) is 23.3 Å². The van der Waals surface area contributed by atoms with Gasteiger partial charge < -0.3 is 26.9 Å². The number of hydrogen-bond acceptors (Lipinski definition) is 6. The number of nitrogens with zero attached hydrogens (tertiary/aromatic N) is 2. The van der Waals surface area contributed by atoms with E-state index in [0.717, 1.165) is 12.8 Å². The monoisotopic (exact) mass is 253 g/mol. The quantitative estimate of drug-likeness (QED) is 0.662. The number of hydrogen-bond donors (Lipinski definition) is 3. The predicted octanol–water partition coefficient (Wildman–Crippen LogP) is 0.293. The van der Waals surface area contributed by atoms with Gasteiger partial charge in [-0.25, -0.2) is 0 Å². The minimum absolute atomic E-state index is 0.0248. The summed E-state index contributed by atoms with van der Waals surface area (Å²) in [6.07, 6.45) is 6.09. The molecule has 0 bridgehead atoms. The van der Waals surface area contributed by atoms with Crippen LogP contribution in [0.4, 0.5) is 17.5 Å². The summed E-state index contributed by atoms with van der Waals surface area (Å²) in [5.41, 5.74) is 11.9. The second-order valence-corrected chi connectivity index (χ2v) is 4.62. The lowest BCUT2D eigenvalue weighted by atomic mass is 9.90. The summed E-state index contributed by atoms with van der Waals surface area (Å²) in [5.74, 6) is 0.809. The van der Waals surface area contributed by atoms with Crippen LogP contribution in [0.25, 0.3) is 0 Å². The maximum absolute atomic E-state index is 10.9. The minimum Gasteiger partial charge on any atom is -0.630 e. The number of nitrogens with two attached hydrogens (primary N) is 3. The fraction of sp³-hybridized carbons (Fsp3) is 0.636. The average Bonchev–Trinajstić information content (AvgIpc) is 2.37. The van der Waals surface area contributed by atoms with Crippen molar-refractivity contribution < 1.29 is 10.2 Å². The molecule has 1 aromatic rings. The molecule has 18 heavy (non-hydrogen) atoms. The van der Waals surface area contributed by atoms with Crippen LogP contribution in [-0.4, -0.2) is 16.6 Å². The Bertz CT molecular complexity index is 407. The van der Waals surface area contributed by atoms with E-state index in [1.807, 2.05) is 0 Å². The molecule has 7 nitrogen and oxygen atoms in total. The Hall–Kier alpha value is -1.60. The van der Waals surface area contributed by atoms with Gasteiger partial charge in [0.2, 0.25) is 11.6 Å². The van der Waals surface area contributed by atoms with Gasteiger partial charge in [-0.05, 0) is 18.8 Å². The van der Waals surface area contributed by atoms with Gasteiger partial charge in [0, 0.05) is 0 Å². The summed E-state index contributed by atoms with van der Waals surface area (Å²) in [6, 6.07) is 0. The van der Waals surface area contributed by atoms with Gasteiger partial charge in [-0.1, -0.05) is 19.3 Å². The van der Waals surface area contributed by atoms with Gasteiger partial charge in [0.05, 0.1) is 6.61 Å². The van der Waals surface area contributed by atoms with Crippen LogP contribution in [0.15, 0.2) is 0 Å². The molecular formula is C11H19N5O2. The highest BCUT2D eigenvalue weighted by Gasteiger charge is 2.18. The zero-order chi connectivity index (χ0) is 13.0. The Labute approximate surface area is 106 Å². The topological polar surface area (TPSA) is 127 Å². The summed E-state index contributed by atoms with van der Waals surface area (Å²) in [6.45, 7) is 0.552. The standard InChI is InChI=1S/C11H19N5O2/c12-9-8(16-17)10(15-11(13)14-9)18-6-7-4-2-1-3-5-7/h7H,1-6,16H2,(H4,12,13,14,15). The van der Waals surface area contributed by atoms with Gasteiger partial charge in [-0.3, -0.25) is 0 Å². The molecule has 0 unspecified atom stereocenters. The molecule has 0 saturated heterocycles. The molecule has 100 valence electrons. The van der Waals surface area contributed by atoms with Gasteiger partial charge in [-0.15, -0.1) is 0 Å². The Balaban J connectivity index is 2.03. The molecule has 1 aliphatic carbocycles. The highest BCUT2D eigenvalue weighted by molar-refractivity contribution is 5.60. The SMILES string of the molecule is Nc1nc(N)c([NH2+][O-])c(OCC2CCCCC2)n1. The molecule has 1 aliphatic rings.